The Morgan fingerprint density at radius 3 is 2.76 bits per heavy atom. The van der Waals surface area contributed by atoms with Crippen LogP contribution in [0.25, 0.3) is 0 Å². The fourth-order valence-electron chi connectivity index (χ4n) is 3.33. The van der Waals surface area contributed by atoms with Crippen molar-refractivity contribution in [3.8, 4) is 5.75 Å². The quantitative estimate of drug-likeness (QED) is 0.778. The Morgan fingerprint density at radius 1 is 1.24 bits per heavy atom. The van der Waals surface area contributed by atoms with Crippen LogP contribution in [-0.4, -0.2) is 23.6 Å². The molecule has 0 bridgehead atoms. The predicted octanol–water partition coefficient (Wildman–Crippen LogP) is 3.55. The predicted molar refractivity (Wildman–Crippen MR) is 97.2 cm³/mol. The molecule has 2 aromatic rings. The second-order valence-corrected chi connectivity index (χ2v) is 6.87. The number of methoxy groups -OCH3 is 1. The number of nitrogens with zero attached hydrogens (tertiary/aromatic N) is 2. The van der Waals surface area contributed by atoms with Gasteiger partial charge in [0.2, 0.25) is 0 Å². The van der Waals surface area contributed by atoms with Gasteiger partial charge in [-0.25, -0.2) is 0 Å². The van der Waals surface area contributed by atoms with Gasteiger partial charge in [-0.1, -0.05) is 12.1 Å². The molecule has 0 amide bonds. The third-order valence-corrected chi connectivity index (χ3v) is 4.94. The highest BCUT2D eigenvalue weighted by molar-refractivity contribution is 6.06. The smallest absolute Gasteiger partial charge is 0.139 e. The number of aryl methyl sites for hydroxylation is 1. The standard InChI is InChI=1S/C21H22N2O2/c1-25-19-8-3-14(4-9-19)2-7-18(24)11-17-10-16-12-23-21(15-5-6-15)20(16)13-22-17/h3-4,8-10,13,15H,2,5-7,11-12H2,1H3. The summed E-state index contributed by atoms with van der Waals surface area (Å²) in [5, 5.41) is 0. The van der Waals surface area contributed by atoms with Gasteiger partial charge in [0.05, 0.1) is 13.7 Å². The van der Waals surface area contributed by atoms with Crippen LogP contribution in [0.5, 0.6) is 5.75 Å². The number of carbonyl (C=O) groups excluding carboxylic acids is 1. The molecule has 128 valence electrons. The van der Waals surface area contributed by atoms with E-state index in [1.165, 1.54) is 29.7 Å². The topological polar surface area (TPSA) is 51.5 Å². The first-order valence-electron chi connectivity index (χ1n) is 8.90. The monoisotopic (exact) mass is 334 g/mol. The summed E-state index contributed by atoms with van der Waals surface area (Å²) in [5.74, 6) is 1.72. The average molecular weight is 334 g/mol. The van der Waals surface area contributed by atoms with Crippen LogP contribution in [0, 0.1) is 5.92 Å². The van der Waals surface area contributed by atoms with Crippen LogP contribution in [0.15, 0.2) is 41.5 Å². The molecule has 4 rings (SSSR count). The summed E-state index contributed by atoms with van der Waals surface area (Å²) in [6.07, 6.45) is 6.12. The summed E-state index contributed by atoms with van der Waals surface area (Å²) in [6.45, 7) is 0.747. The molecular formula is C21H22N2O2. The van der Waals surface area contributed by atoms with E-state index in [1.54, 1.807) is 7.11 Å². The minimum absolute atomic E-state index is 0.226. The van der Waals surface area contributed by atoms with Crippen LogP contribution < -0.4 is 4.74 Å². The van der Waals surface area contributed by atoms with Crippen molar-refractivity contribution in [2.24, 2.45) is 10.9 Å². The van der Waals surface area contributed by atoms with E-state index < -0.39 is 0 Å². The molecular weight excluding hydrogens is 312 g/mol. The van der Waals surface area contributed by atoms with Crippen molar-refractivity contribution in [2.75, 3.05) is 7.11 Å². The van der Waals surface area contributed by atoms with Gasteiger partial charge in [-0.15, -0.1) is 0 Å². The number of carbonyl (C=O) groups is 1. The highest BCUT2D eigenvalue weighted by Crippen LogP contribution is 2.36. The van der Waals surface area contributed by atoms with Crippen molar-refractivity contribution in [3.05, 3.63) is 58.9 Å². The minimum atomic E-state index is 0.226. The van der Waals surface area contributed by atoms with Crippen LogP contribution in [0.2, 0.25) is 0 Å². The Morgan fingerprint density at radius 2 is 2.04 bits per heavy atom. The number of rotatable bonds is 7. The summed E-state index contributed by atoms with van der Waals surface area (Å²) in [4.78, 5) is 21.5. The molecule has 0 radical (unpaired) electrons. The van der Waals surface area contributed by atoms with Crippen LogP contribution >= 0.6 is 0 Å². The molecule has 2 heterocycles. The molecule has 2 aliphatic rings. The lowest BCUT2D eigenvalue weighted by molar-refractivity contribution is -0.118. The van der Waals surface area contributed by atoms with Gasteiger partial charge in [0, 0.05) is 41.9 Å². The van der Waals surface area contributed by atoms with Crippen molar-refractivity contribution in [1.29, 1.82) is 0 Å². The Hall–Kier alpha value is -2.49. The number of pyridine rings is 1. The highest BCUT2D eigenvalue weighted by Gasteiger charge is 2.32. The molecule has 1 aliphatic heterocycles. The van der Waals surface area contributed by atoms with Crippen molar-refractivity contribution in [2.45, 2.75) is 38.6 Å². The lowest BCUT2D eigenvalue weighted by Crippen LogP contribution is -2.08. The van der Waals surface area contributed by atoms with E-state index in [9.17, 15) is 4.79 Å². The number of fused-ring (bicyclic) bond motifs is 1. The Labute approximate surface area is 148 Å². The molecule has 1 aromatic carbocycles. The van der Waals surface area contributed by atoms with E-state index in [-0.39, 0.29) is 5.78 Å². The number of hydrogen-bond donors (Lipinski definition) is 0. The SMILES string of the molecule is COc1ccc(CCC(=O)Cc2cc3c(cn2)C(C2CC2)=NC3)cc1. The molecule has 0 unspecified atom stereocenters. The summed E-state index contributed by atoms with van der Waals surface area (Å²) >= 11 is 0. The number of benzene rings is 1. The molecule has 4 nitrogen and oxygen atoms in total. The second kappa shape index (κ2) is 6.79. The van der Waals surface area contributed by atoms with Gasteiger partial charge in [-0.2, -0.15) is 0 Å². The summed E-state index contributed by atoms with van der Waals surface area (Å²) in [6, 6.07) is 9.95. The molecule has 0 saturated heterocycles. The largest absolute Gasteiger partial charge is 0.497 e. The van der Waals surface area contributed by atoms with Gasteiger partial charge in [0.25, 0.3) is 0 Å². The Bertz CT molecular complexity index is 820. The van der Waals surface area contributed by atoms with E-state index in [0.29, 0.717) is 18.8 Å². The van der Waals surface area contributed by atoms with Gasteiger partial charge >= 0.3 is 0 Å². The van der Waals surface area contributed by atoms with Crippen molar-refractivity contribution in [3.63, 3.8) is 0 Å². The number of hydrogen-bond acceptors (Lipinski definition) is 4. The van der Waals surface area contributed by atoms with Crippen LogP contribution in [0.4, 0.5) is 0 Å². The maximum atomic E-state index is 12.3. The molecule has 4 heteroatoms. The highest BCUT2D eigenvalue weighted by atomic mass is 16.5. The van der Waals surface area contributed by atoms with Gasteiger partial charge in [-0.3, -0.25) is 14.8 Å². The van der Waals surface area contributed by atoms with E-state index >= 15 is 0 Å². The fraction of sp³-hybridized carbons (Fsp3) is 0.381. The zero-order valence-corrected chi connectivity index (χ0v) is 14.5. The number of ether oxygens (including phenoxy) is 1. The molecule has 1 aromatic heterocycles. The van der Waals surface area contributed by atoms with E-state index in [0.717, 1.165) is 30.0 Å². The van der Waals surface area contributed by atoms with E-state index in [1.807, 2.05) is 30.5 Å². The normalized spacial score (nSPS) is 15.6. The number of aromatic nitrogens is 1. The zero-order valence-electron chi connectivity index (χ0n) is 14.5. The lowest BCUT2D eigenvalue weighted by Gasteiger charge is -2.06. The molecule has 25 heavy (non-hydrogen) atoms. The first-order valence-corrected chi connectivity index (χ1v) is 8.90. The van der Waals surface area contributed by atoms with Crippen LogP contribution in [0.3, 0.4) is 0 Å². The molecule has 0 spiro atoms. The Balaban J connectivity index is 1.33. The minimum Gasteiger partial charge on any atom is -0.497 e. The molecule has 0 atom stereocenters. The van der Waals surface area contributed by atoms with E-state index in [4.69, 9.17) is 4.74 Å². The maximum absolute atomic E-state index is 12.3. The van der Waals surface area contributed by atoms with Gasteiger partial charge < -0.3 is 4.74 Å². The van der Waals surface area contributed by atoms with Gasteiger partial charge in [0.15, 0.2) is 0 Å². The lowest BCUT2D eigenvalue weighted by atomic mass is 10.0. The summed E-state index contributed by atoms with van der Waals surface area (Å²) in [5.41, 5.74) is 5.69. The zero-order chi connectivity index (χ0) is 17.2. The van der Waals surface area contributed by atoms with Crippen LogP contribution in [-0.2, 0) is 24.2 Å². The number of Topliss-reactive ketones (excluding diaryl/α,β-unsaturated/α-hetero) is 1. The molecule has 0 N–H and O–H groups in total. The number of ketones is 1. The van der Waals surface area contributed by atoms with Gasteiger partial charge in [-0.05, 0) is 48.6 Å². The first kappa shape index (κ1) is 16.0. The Kier molecular flexibility index (Phi) is 4.35. The van der Waals surface area contributed by atoms with Crippen LogP contribution in [0.1, 0.15) is 41.6 Å². The average Bonchev–Trinajstić information content (AvgIpc) is 3.40. The summed E-state index contributed by atoms with van der Waals surface area (Å²) < 4.78 is 5.15. The van der Waals surface area contributed by atoms with Gasteiger partial charge in [0.1, 0.15) is 11.5 Å². The van der Waals surface area contributed by atoms with E-state index in [2.05, 4.69) is 16.0 Å². The van der Waals surface area contributed by atoms with Crippen molar-refractivity contribution >= 4 is 11.5 Å². The molecule has 1 aliphatic carbocycles. The molecule has 1 fully saturated rings. The number of aliphatic imine (C=N–C) groups is 1. The third kappa shape index (κ3) is 3.63. The van der Waals surface area contributed by atoms with Crippen molar-refractivity contribution in [1.82, 2.24) is 4.98 Å². The van der Waals surface area contributed by atoms with Crippen molar-refractivity contribution < 1.29 is 9.53 Å². The fourth-order valence-corrected chi connectivity index (χ4v) is 3.33. The summed E-state index contributed by atoms with van der Waals surface area (Å²) in [7, 11) is 1.65. The molecule has 1 saturated carbocycles. The first-order chi connectivity index (χ1) is 12.2. The second-order valence-electron chi connectivity index (χ2n) is 6.87. The third-order valence-electron chi connectivity index (χ3n) is 4.94. The maximum Gasteiger partial charge on any atom is 0.139 e.